The van der Waals surface area contributed by atoms with E-state index in [1.807, 2.05) is 18.2 Å². The molecule has 2 aromatic carbocycles. The Balaban J connectivity index is 1.19. The molecule has 1 aliphatic heterocycles. The van der Waals surface area contributed by atoms with Crippen molar-refractivity contribution in [1.82, 2.24) is 19.4 Å². The van der Waals surface area contributed by atoms with Crippen LogP contribution < -0.4 is 0 Å². The molecule has 2 fully saturated rings. The van der Waals surface area contributed by atoms with E-state index in [0.717, 1.165) is 83.5 Å². The first-order valence-electron chi connectivity index (χ1n) is 12.4. The Labute approximate surface area is 203 Å². The minimum absolute atomic E-state index is 0.287. The molecule has 1 aliphatic carbocycles. The van der Waals surface area contributed by atoms with Crippen molar-refractivity contribution < 1.29 is 9.21 Å². The molecule has 0 spiro atoms. The van der Waals surface area contributed by atoms with E-state index in [0.29, 0.717) is 11.8 Å². The smallest absolute Gasteiger partial charge is 0.225 e. The van der Waals surface area contributed by atoms with Crippen LogP contribution in [0.4, 0.5) is 0 Å². The maximum Gasteiger partial charge on any atom is 0.225 e. The first kappa shape index (κ1) is 20.4. The summed E-state index contributed by atoms with van der Waals surface area (Å²) in [4.78, 5) is 24.1. The standard InChI is InChI=1S/C29H26N4O2/c34-29(22-7-8-22)32-14-11-19(17-32)18-33-25-2-1-13-30-27(25)31-28(33)21-5-3-20(4-6-21)23-9-10-26-24(16-23)12-15-35-26/h1-6,9-10,12-13,15-16,19,22H,7-8,11,14,17-18H2/t19-/m0/s1. The predicted molar refractivity (Wildman–Crippen MR) is 136 cm³/mol. The van der Waals surface area contributed by atoms with Gasteiger partial charge < -0.3 is 13.9 Å². The van der Waals surface area contributed by atoms with E-state index in [9.17, 15) is 4.79 Å². The Morgan fingerprint density at radius 1 is 0.971 bits per heavy atom. The van der Waals surface area contributed by atoms with Gasteiger partial charge in [0, 0.05) is 42.7 Å². The molecule has 5 aromatic rings. The summed E-state index contributed by atoms with van der Waals surface area (Å²) >= 11 is 0. The van der Waals surface area contributed by atoms with Crippen molar-refractivity contribution in [1.29, 1.82) is 0 Å². The Hall–Kier alpha value is -3.93. The highest BCUT2D eigenvalue weighted by atomic mass is 16.3. The number of carbonyl (C=O) groups is 1. The van der Waals surface area contributed by atoms with Gasteiger partial charge in [-0.15, -0.1) is 0 Å². The maximum absolute atomic E-state index is 12.6. The Kier molecular flexibility index (Phi) is 4.72. The summed E-state index contributed by atoms with van der Waals surface area (Å²) < 4.78 is 7.77. The zero-order valence-corrected chi connectivity index (χ0v) is 19.4. The van der Waals surface area contributed by atoms with Gasteiger partial charge in [-0.2, -0.15) is 0 Å². The molecule has 6 nitrogen and oxygen atoms in total. The number of carbonyl (C=O) groups excluding carboxylic acids is 1. The molecule has 0 bridgehead atoms. The molecular weight excluding hydrogens is 436 g/mol. The minimum Gasteiger partial charge on any atom is -0.464 e. The van der Waals surface area contributed by atoms with Crippen molar-refractivity contribution >= 4 is 28.0 Å². The number of hydrogen-bond donors (Lipinski definition) is 0. The van der Waals surface area contributed by atoms with Crippen molar-refractivity contribution in [2.24, 2.45) is 11.8 Å². The number of fused-ring (bicyclic) bond motifs is 2. The molecule has 0 radical (unpaired) electrons. The van der Waals surface area contributed by atoms with E-state index < -0.39 is 0 Å². The molecule has 174 valence electrons. The van der Waals surface area contributed by atoms with E-state index in [2.05, 4.69) is 56.9 Å². The van der Waals surface area contributed by atoms with E-state index >= 15 is 0 Å². The van der Waals surface area contributed by atoms with Gasteiger partial charge >= 0.3 is 0 Å². The fourth-order valence-corrected chi connectivity index (χ4v) is 5.35. The SMILES string of the molecule is O=C(C1CC1)N1CC[C@H](Cn2c(-c3ccc(-c4ccc5occc5c4)cc3)nc3ncccc32)C1. The van der Waals surface area contributed by atoms with Gasteiger partial charge in [-0.05, 0) is 66.6 Å². The quantitative estimate of drug-likeness (QED) is 0.333. The van der Waals surface area contributed by atoms with Crippen LogP contribution in [0.15, 0.2) is 77.5 Å². The normalized spacial score (nSPS) is 18.1. The lowest BCUT2D eigenvalue weighted by Gasteiger charge is -2.17. The lowest BCUT2D eigenvalue weighted by molar-refractivity contribution is -0.131. The monoisotopic (exact) mass is 462 g/mol. The third kappa shape index (κ3) is 3.70. The number of imidazole rings is 1. The number of likely N-dealkylation sites (tertiary alicyclic amines) is 1. The summed E-state index contributed by atoms with van der Waals surface area (Å²) in [7, 11) is 0. The molecule has 1 saturated heterocycles. The van der Waals surface area contributed by atoms with Crippen molar-refractivity contribution in [3.63, 3.8) is 0 Å². The second-order valence-corrected chi connectivity index (χ2v) is 9.86. The zero-order chi connectivity index (χ0) is 23.4. The lowest BCUT2D eigenvalue weighted by Crippen LogP contribution is -2.30. The molecule has 0 unspecified atom stereocenters. The molecule has 6 heteroatoms. The fourth-order valence-electron chi connectivity index (χ4n) is 5.35. The van der Waals surface area contributed by atoms with Crippen LogP contribution in [0, 0.1) is 11.8 Å². The highest BCUT2D eigenvalue weighted by molar-refractivity contribution is 5.84. The molecule has 3 aromatic heterocycles. The van der Waals surface area contributed by atoms with Crippen molar-refractivity contribution in [3.05, 3.63) is 73.1 Å². The molecule has 4 heterocycles. The third-order valence-corrected chi connectivity index (χ3v) is 7.42. The van der Waals surface area contributed by atoms with Crippen LogP contribution in [-0.2, 0) is 11.3 Å². The maximum atomic E-state index is 12.6. The van der Waals surface area contributed by atoms with Gasteiger partial charge in [-0.25, -0.2) is 9.97 Å². The second-order valence-electron chi connectivity index (χ2n) is 9.86. The molecule has 7 rings (SSSR count). The van der Waals surface area contributed by atoms with Crippen LogP contribution in [0.1, 0.15) is 19.3 Å². The highest BCUT2D eigenvalue weighted by Crippen LogP contribution is 2.34. The van der Waals surface area contributed by atoms with Crippen molar-refractivity contribution in [2.45, 2.75) is 25.8 Å². The number of nitrogens with zero attached hydrogens (tertiary/aromatic N) is 4. The first-order valence-corrected chi connectivity index (χ1v) is 12.4. The van der Waals surface area contributed by atoms with Crippen LogP contribution in [0.5, 0.6) is 0 Å². The van der Waals surface area contributed by atoms with Crippen LogP contribution in [0.25, 0.3) is 44.6 Å². The van der Waals surface area contributed by atoms with E-state index in [4.69, 9.17) is 9.40 Å². The summed E-state index contributed by atoms with van der Waals surface area (Å²) in [6.45, 7) is 2.55. The van der Waals surface area contributed by atoms with Gasteiger partial charge in [0.15, 0.2) is 5.65 Å². The number of benzene rings is 2. The lowest BCUT2D eigenvalue weighted by atomic mass is 10.0. The van der Waals surface area contributed by atoms with Crippen molar-refractivity contribution in [2.75, 3.05) is 13.1 Å². The molecule has 2 aliphatic rings. The number of amides is 1. The summed E-state index contributed by atoms with van der Waals surface area (Å²) in [6.07, 6.45) is 6.68. The Bertz CT molecular complexity index is 1540. The molecule has 1 amide bonds. The number of furan rings is 1. The van der Waals surface area contributed by atoms with Crippen molar-refractivity contribution in [3.8, 4) is 22.5 Å². The molecule has 1 atom stereocenters. The van der Waals surface area contributed by atoms with Gasteiger partial charge in [0.1, 0.15) is 11.4 Å². The van der Waals surface area contributed by atoms with Gasteiger partial charge in [0.2, 0.25) is 5.91 Å². The number of pyridine rings is 1. The van der Waals surface area contributed by atoms with Gasteiger partial charge in [0.05, 0.1) is 11.8 Å². The third-order valence-electron chi connectivity index (χ3n) is 7.42. The molecular formula is C29H26N4O2. The first-order chi connectivity index (χ1) is 17.2. The topological polar surface area (TPSA) is 64.2 Å². The van der Waals surface area contributed by atoms with Crippen LogP contribution in [0.2, 0.25) is 0 Å². The van der Waals surface area contributed by atoms with Crippen LogP contribution >= 0.6 is 0 Å². The van der Waals surface area contributed by atoms with Gasteiger partial charge in [-0.3, -0.25) is 4.79 Å². The van der Waals surface area contributed by atoms with Gasteiger partial charge in [-0.1, -0.05) is 30.3 Å². The number of rotatable bonds is 5. The molecule has 0 N–H and O–H groups in total. The second kappa shape index (κ2) is 8.08. The van der Waals surface area contributed by atoms with E-state index in [1.54, 1.807) is 12.5 Å². The number of hydrogen-bond acceptors (Lipinski definition) is 4. The van der Waals surface area contributed by atoms with E-state index in [-0.39, 0.29) is 5.92 Å². The Morgan fingerprint density at radius 3 is 2.66 bits per heavy atom. The predicted octanol–water partition coefficient (Wildman–Crippen LogP) is 5.77. The number of aromatic nitrogens is 3. The average molecular weight is 463 g/mol. The minimum atomic E-state index is 0.287. The Morgan fingerprint density at radius 2 is 1.80 bits per heavy atom. The zero-order valence-electron chi connectivity index (χ0n) is 19.4. The largest absolute Gasteiger partial charge is 0.464 e. The van der Waals surface area contributed by atoms with Crippen LogP contribution in [-0.4, -0.2) is 38.4 Å². The summed E-state index contributed by atoms with van der Waals surface area (Å²) in [5, 5.41) is 1.10. The molecule has 35 heavy (non-hydrogen) atoms. The summed E-state index contributed by atoms with van der Waals surface area (Å²) in [5.74, 6) is 2.00. The highest BCUT2D eigenvalue weighted by Gasteiger charge is 2.36. The summed E-state index contributed by atoms with van der Waals surface area (Å²) in [6, 6.07) is 20.9. The summed E-state index contributed by atoms with van der Waals surface area (Å²) in [5.41, 5.74) is 6.09. The van der Waals surface area contributed by atoms with Crippen LogP contribution in [0.3, 0.4) is 0 Å². The molecule has 1 saturated carbocycles. The van der Waals surface area contributed by atoms with Gasteiger partial charge in [0.25, 0.3) is 0 Å². The van der Waals surface area contributed by atoms with E-state index in [1.165, 1.54) is 0 Å². The fraction of sp³-hybridized carbons (Fsp3) is 0.276. The average Bonchev–Trinajstić information content (AvgIpc) is 3.30.